The highest BCUT2D eigenvalue weighted by molar-refractivity contribution is 7.12. The van der Waals surface area contributed by atoms with Gasteiger partial charge in [-0.15, -0.1) is 11.3 Å². The van der Waals surface area contributed by atoms with Crippen molar-refractivity contribution in [3.63, 3.8) is 0 Å². The number of thiazole rings is 1. The number of carbonyl (C=O) groups excluding carboxylic acids is 1. The van der Waals surface area contributed by atoms with Crippen molar-refractivity contribution < 1.29 is 9.53 Å². The van der Waals surface area contributed by atoms with E-state index in [9.17, 15) is 4.79 Å². The molecule has 2 aromatic heterocycles. The van der Waals surface area contributed by atoms with E-state index in [1.165, 1.54) is 0 Å². The molecule has 0 unspecified atom stereocenters. The molecule has 2 N–H and O–H groups in total. The Balaban J connectivity index is 1.52. The van der Waals surface area contributed by atoms with Crippen molar-refractivity contribution in [2.24, 2.45) is 0 Å². The van der Waals surface area contributed by atoms with Crippen LogP contribution in [0.2, 0.25) is 0 Å². The quantitative estimate of drug-likeness (QED) is 0.696. The Kier molecular flexibility index (Phi) is 5.52. The van der Waals surface area contributed by atoms with Gasteiger partial charge >= 0.3 is 6.03 Å². The van der Waals surface area contributed by atoms with Crippen molar-refractivity contribution in [2.45, 2.75) is 20.3 Å². The van der Waals surface area contributed by atoms with Crippen LogP contribution in [0.15, 0.2) is 35.7 Å². The summed E-state index contributed by atoms with van der Waals surface area (Å²) in [5.41, 5.74) is 3.58. The van der Waals surface area contributed by atoms with E-state index in [1.54, 1.807) is 30.6 Å². The minimum atomic E-state index is -0.275. The summed E-state index contributed by atoms with van der Waals surface area (Å²) in [4.78, 5) is 16.6. The van der Waals surface area contributed by atoms with Crippen LogP contribution in [0.4, 0.5) is 10.5 Å². The smallest absolute Gasteiger partial charge is 0.319 e. The molecule has 136 valence electrons. The number of para-hydroxylation sites is 2. The summed E-state index contributed by atoms with van der Waals surface area (Å²) in [6.07, 6.45) is 0.648. The van der Waals surface area contributed by atoms with Crippen LogP contribution in [0.3, 0.4) is 0 Å². The topological polar surface area (TPSA) is 81.1 Å². The van der Waals surface area contributed by atoms with Crippen LogP contribution in [-0.2, 0) is 6.42 Å². The molecule has 0 radical (unpaired) electrons. The first-order valence-corrected chi connectivity index (χ1v) is 9.10. The average molecular weight is 371 g/mol. The van der Waals surface area contributed by atoms with Crippen LogP contribution < -0.4 is 15.4 Å². The number of nitrogens with zero attached hydrogens (tertiary/aromatic N) is 3. The van der Waals surface area contributed by atoms with E-state index in [2.05, 4.69) is 20.7 Å². The number of hydrogen-bond donors (Lipinski definition) is 2. The minimum absolute atomic E-state index is 0.275. The Labute approximate surface area is 156 Å². The van der Waals surface area contributed by atoms with Gasteiger partial charge in [0.05, 0.1) is 24.2 Å². The molecular formula is C18H21N5O2S. The first kappa shape index (κ1) is 17.9. The van der Waals surface area contributed by atoms with Crippen LogP contribution in [0.25, 0.3) is 5.13 Å². The summed E-state index contributed by atoms with van der Waals surface area (Å²) in [6, 6.07) is 9.03. The van der Waals surface area contributed by atoms with Crippen molar-refractivity contribution in [3.8, 4) is 10.9 Å². The van der Waals surface area contributed by atoms with Crippen molar-refractivity contribution in [1.29, 1.82) is 0 Å². The number of nitrogens with one attached hydrogen (secondary N) is 2. The first-order valence-electron chi connectivity index (χ1n) is 8.22. The Hall–Kier alpha value is -2.87. The number of urea groups is 1. The standard InChI is InChI=1S/C18H21N5O2S/c1-12-10-13(2)23(22-12)18-20-14(11-26-18)8-9-19-17(24)21-15-6-4-5-7-16(15)25-3/h4-7,10-11H,8-9H2,1-3H3,(H2,19,21,24). The van der Waals surface area contributed by atoms with Gasteiger partial charge in [0, 0.05) is 24.0 Å². The van der Waals surface area contributed by atoms with E-state index < -0.39 is 0 Å². The van der Waals surface area contributed by atoms with Gasteiger partial charge in [-0.3, -0.25) is 0 Å². The number of methoxy groups -OCH3 is 1. The molecule has 0 bridgehead atoms. The molecule has 0 spiro atoms. The second-order valence-corrected chi connectivity index (χ2v) is 6.63. The molecule has 0 saturated carbocycles. The fourth-order valence-corrected chi connectivity index (χ4v) is 3.42. The maximum Gasteiger partial charge on any atom is 0.319 e. The van der Waals surface area contributed by atoms with E-state index in [-0.39, 0.29) is 6.03 Å². The summed E-state index contributed by atoms with van der Waals surface area (Å²) in [7, 11) is 1.57. The van der Waals surface area contributed by atoms with Gasteiger partial charge < -0.3 is 15.4 Å². The minimum Gasteiger partial charge on any atom is -0.495 e. The molecule has 3 rings (SSSR count). The lowest BCUT2D eigenvalue weighted by molar-refractivity contribution is 0.252. The van der Waals surface area contributed by atoms with Gasteiger partial charge in [0.2, 0.25) is 5.13 Å². The van der Waals surface area contributed by atoms with Gasteiger partial charge in [0.1, 0.15) is 5.75 Å². The summed E-state index contributed by atoms with van der Waals surface area (Å²) in [5.74, 6) is 0.622. The van der Waals surface area contributed by atoms with Crippen LogP contribution in [0.1, 0.15) is 17.1 Å². The summed E-state index contributed by atoms with van der Waals surface area (Å²) < 4.78 is 7.06. The summed E-state index contributed by atoms with van der Waals surface area (Å²) in [5, 5.41) is 12.9. The number of carbonyl (C=O) groups is 1. The number of rotatable bonds is 6. The van der Waals surface area contributed by atoms with Crippen molar-refractivity contribution in [1.82, 2.24) is 20.1 Å². The van der Waals surface area contributed by atoms with Crippen LogP contribution in [-0.4, -0.2) is 34.5 Å². The van der Waals surface area contributed by atoms with Crippen LogP contribution in [0, 0.1) is 13.8 Å². The lowest BCUT2D eigenvalue weighted by atomic mass is 10.3. The maximum atomic E-state index is 12.0. The van der Waals surface area contributed by atoms with Gasteiger partial charge in [-0.1, -0.05) is 12.1 Å². The van der Waals surface area contributed by atoms with E-state index >= 15 is 0 Å². The molecule has 0 aliphatic heterocycles. The predicted octanol–water partition coefficient (Wildman–Crippen LogP) is 3.32. The Bertz CT molecular complexity index is 903. The normalized spacial score (nSPS) is 10.6. The largest absolute Gasteiger partial charge is 0.495 e. The Morgan fingerprint density at radius 1 is 1.31 bits per heavy atom. The summed E-state index contributed by atoms with van der Waals surface area (Å²) in [6.45, 7) is 4.45. The highest BCUT2D eigenvalue weighted by atomic mass is 32.1. The van der Waals surface area contributed by atoms with E-state index in [4.69, 9.17) is 4.74 Å². The molecule has 0 atom stereocenters. The zero-order valence-electron chi connectivity index (χ0n) is 14.9. The molecule has 3 aromatic rings. The molecule has 0 aliphatic rings. The van der Waals surface area contributed by atoms with Crippen molar-refractivity contribution in [3.05, 3.63) is 52.8 Å². The molecule has 26 heavy (non-hydrogen) atoms. The Morgan fingerprint density at radius 3 is 2.85 bits per heavy atom. The SMILES string of the molecule is COc1ccccc1NC(=O)NCCc1csc(-n2nc(C)cc2C)n1. The molecule has 2 amide bonds. The molecule has 0 saturated heterocycles. The number of anilines is 1. The third-order valence-corrected chi connectivity index (χ3v) is 4.62. The number of hydrogen-bond acceptors (Lipinski definition) is 5. The first-order chi connectivity index (χ1) is 12.6. The Morgan fingerprint density at radius 2 is 2.12 bits per heavy atom. The van der Waals surface area contributed by atoms with E-state index in [0.29, 0.717) is 24.4 Å². The fourth-order valence-electron chi connectivity index (χ4n) is 2.55. The highest BCUT2D eigenvalue weighted by Crippen LogP contribution is 2.22. The molecular weight excluding hydrogens is 350 g/mol. The zero-order chi connectivity index (χ0) is 18.5. The van der Waals surface area contributed by atoms with E-state index in [0.717, 1.165) is 22.2 Å². The number of aromatic nitrogens is 3. The van der Waals surface area contributed by atoms with E-state index in [1.807, 2.05) is 42.1 Å². The van der Waals surface area contributed by atoms with Gasteiger partial charge in [-0.25, -0.2) is 14.5 Å². The highest BCUT2D eigenvalue weighted by Gasteiger charge is 2.10. The second kappa shape index (κ2) is 8.01. The number of aryl methyl sites for hydroxylation is 2. The third kappa shape index (κ3) is 4.20. The van der Waals surface area contributed by atoms with Crippen molar-refractivity contribution in [2.75, 3.05) is 19.0 Å². The molecule has 2 heterocycles. The zero-order valence-corrected chi connectivity index (χ0v) is 15.8. The predicted molar refractivity (Wildman–Crippen MR) is 102 cm³/mol. The van der Waals surface area contributed by atoms with Crippen LogP contribution >= 0.6 is 11.3 Å². The third-order valence-electron chi connectivity index (χ3n) is 3.75. The van der Waals surface area contributed by atoms with Gasteiger partial charge in [0.25, 0.3) is 0 Å². The molecule has 0 aliphatic carbocycles. The summed E-state index contributed by atoms with van der Waals surface area (Å²) >= 11 is 1.54. The number of ether oxygens (including phenoxy) is 1. The molecule has 7 nitrogen and oxygen atoms in total. The van der Waals surface area contributed by atoms with Gasteiger partial charge in [-0.2, -0.15) is 5.10 Å². The second-order valence-electron chi connectivity index (χ2n) is 5.79. The van der Waals surface area contributed by atoms with Gasteiger partial charge in [-0.05, 0) is 32.0 Å². The monoisotopic (exact) mass is 371 g/mol. The lowest BCUT2D eigenvalue weighted by Crippen LogP contribution is -2.30. The average Bonchev–Trinajstić information content (AvgIpc) is 3.21. The number of benzene rings is 1. The van der Waals surface area contributed by atoms with Crippen molar-refractivity contribution >= 4 is 23.1 Å². The fraction of sp³-hybridized carbons (Fsp3) is 0.278. The number of amides is 2. The maximum absolute atomic E-state index is 12.0. The lowest BCUT2D eigenvalue weighted by Gasteiger charge is -2.10. The van der Waals surface area contributed by atoms with Crippen LogP contribution in [0.5, 0.6) is 5.75 Å². The molecule has 0 fully saturated rings. The van der Waals surface area contributed by atoms with Gasteiger partial charge in [0.15, 0.2) is 0 Å². The molecule has 8 heteroatoms. The molecule has 1 aromatic carbocycles.